The number of anilines is 1. The summed E-state index contributed by atoms with van der Waals surface area (Å²) in [5, 5.41) is 10.9. The molecule has 1 amide bonds. The normalized spacial score (nSPS) is 11.4. The molecule has 0 saturated heterocycles. The van der Waals surface area contributed by atoms with Crippen LogP contribution in [0.15, 0.2) is 66.5 Å². The molecule has 0 bridgehead atoms. The molecule has 0 spiro atoms. The maximum Gasteiger partial charge on any atom is 0.322 e. The van der Waals surface area contributed by atoms with Crippen LogP contribution in [-0.2, 0) is 11.8 Å². The molecule has 3 aromatic heterocycles. The summed E-state index contributed by atoms with van der Waals surface area (Å²) in [7, 11) is 1.86. The number of primary amides is 1. The lowest BCUT2D eigenvalue weighted by molar-refractivity contribution is -0.114. The molecule has 3 heterocycles. The van der Waals surface area contributed by atoms with Gasteiger partial charge in [0.25, 0.3) is 0 Å². The predicted molar refractivity (Wildman–Crippen MR) is 155 cm³/mol. The summed E-state index contributed by atoms with van der Waals surface area (Å²) < 4.78 is 7.73. The zero-order valence-corrected chi connectivity index (χ0v) is 22.7. The third-order valence-corrected chi connectivity index (χ3v) is 6.82. The lowest BCUT2D eigenvalue weighted by Gasteiger charge is -2.12. The molecule has 198 valence electrons. The number of aryl methyl sites for hydroxylation is 2. The van der Waals surface area contributed by atoms with Crippen molar-refractivity contribution in [2.75, 3.05) is 5.73 Å². The van der Waals surface area contributed by atoms with E-state index in [4.69, 9.17) is 27.8 Å². The van der Waals surface area contributed by atoms with Crippen molar-refractivity contribution < 1.29 is 9.53 Å². The van der Waals surface area contributed by atoms with Crippen LogP contribution in [0.5, 0.6) is 11.8 Å². The van der Waals surface area contributed by atoms with Crippen molar-refractivity contribution in [1.29, 1.82) is 5.26 Å². The van der Waals surface area contributed by atoms with Gasteiger partial charge < -0.3 is 20.8 Å². The van der Waals surface area contributed by atoms with Crippen LogP contribution in [0.1, 0.15) is 23.7 Å². The Morgan fingerprint density at radius 2 is 1.90 bits per heavy atom. The maximum absolute atomic E-state index is 11.5. The van der Waals surface area contributed by atoms with E-state index in [1.165, 1.54) is 6.20 Å². The Morgan fingerprint density at radius 3 is 2.55 bits per heavy atom. The van der Waals surface area contributed by atoms with Crippen molar-refractivity contribution in [2.45, 2.75) is 13.8 Å². The van der Waals surface area contributed by atoms with Crippen LogP contribution >= 0.6 is 11.6 Å². The molecule has 5 rings (SSSR count). The molecule has 0 fully saturated rings. The van der Waals surface area contributed by atoms with Crippen LogP contribution in [0.4, 0.5) is 5.82 Å². The number of nitriles is 1. The number of carbonyl (C=O) groups excluding carboxylic acids is 1. The molecule has 0 aliphatic heterocycles. The number of fused-ring (bicyclic) bond motifs is 1. The van der Waals surface area contributed by atoms with E-state index < -0.39 is 5.91 Å². The van der Waals surface area contributed by atoms with Crippen LogP contribution in [-0.4, -0.2) is 25.4 Å². The van der Waals surface area contributed by atoms with E-state index in [1.54, 1.807) is 31.3 Å². The number of rotatable bonds is 6. The Kier molecular flexibility index (Phi) is 6.94. The number of halogens is 1. The number of amides is 1. The number of hydrogen-bond donors (Lipinski definition) is 2. The van der Waals surface area contributed by atoms with Crippen molar-refractivity contribution in [3.05, 3.63) is 88.3 Å². The van der Waals surface area contributed by atoms with Gasteiger partial charge >= 0.3 is 6.01 Å². The Morgan fingerprint density at radius 1 is 1.15 bits per heavy atom. The van der Waals surface area contributed by atoms with Gasteiger partial charge in [-0.2, -0.15) is 5.26 Å². The average molecular weight is 550 g/mol. The van der Waals surface area contributed by atoms with E-state index in [0.717, 1.165) is 28.1 Å². The fourth-order valence-electron chi connectivity index (χ4n) is 4.59. The van der Waals surface area contributed by atoms with Crippen molar-refractivity contribution in [1.82, 2.24) is 19.5 Å². The standard InChI is InChI=1S/C30H24ClN7O2/c1-16(29(34)39)12-18-4-9-22(23(31)13-18)27-24(25-26(38(27)3)20(14-32)15-36-28(25)33)19-5-7-21(8-6-19)40-30-35-11-10-17(2)37-30/h4-13,15H,1-3H3,(H2,33,36)(H2,34,39). The number of hydrogen-bond acceptors (Lipinski definition) is 7. The molecule has 5 aromatic rings. The fourth-order valence-corrected chi connectivity index (χ4v) is 4.87. The average Bonchev–Trinajstić information content (AvgIpc) is 3.23. The monoisotopic (exact) mass is 549 g/mol. The molecule has 10 heteroatoms. The molecular formula is C30H24ClN7O2. The van der Waals surface area contributed by atoms with Gasteiger partial charge in [-0.3, -0.25) is 4.79 Å². The molecule has 0 saturated carbocycles. The zero-order chi connectivity index (χ0) is 28.6. The van der Waals surface area contributed by atoms with Gasteiger partial charge in [0.05, 0.1) is 27.2 Å². The summed E-state index contributed by atoms with van der Waals surface area (Å²) in [5.74, 6) is 0.329. The number of nitrogen functional groups attached to an aromatic ring is 1. The minimum atomic E-state index is -0.510. The van der Waals surface area contributed by atoms with Gasteiger partial charge in [0.2, 0.25) is 5.91 Å². The number of nitrogens with zero attached hydrogens (tertiary/aromatic N) is 5. The second kappa shape index (κ2) is 10.5. The number of ether oxygens (including phenoxy) is 1. The van der Waals surface area contributed by atoms with Crippen LogP contribution < -0.4 is 16.2 Å². The van der Waals surface area contributed by atoms with Gasteiger partial charge in [0, 0.05) is 41.8 Å². The molecule has 0 unspecified atom stereocenters. The van der Waals surface area contributed by atoms with Gasteiger partial charge in [-0.15, -0.1) is 0 Å². The number of pyridine rings is 1. The third kappa shape index (κ3) is 4.84. The van der Waals surface area contributed by atoms with E-state index in [-0.39, 0.29) is 11.8 Å². The first-order valence-electron chi connectivity index (χ1n) is 12.2. The van der Waals surface area contributed by atoms with Gasteiger partial charge in [-0.25, -0.2) is 15.0 Å². The van der Waals surface area contributed by atoms with E-state index >= 15 is 0 Å². The summed E-state index contributed by atoms with van der Waals surface area (Å²) in [6.07, 6.45) is 4.77. The molecule has 9 nitrogen and oxygen atoms in total. The van der Waals surface area contributed by atoms with Crippen LogP contribution in [0, 0.1) is 18.3 Å². The highest BCUT2D eigenvalue weighted by Gasteiger charge is 2.24. The molecule has 0 aliphatic carbocycles. The number of carbonyl (C=O) groups is 1. The zero-order valence-electron chi connectivity index (χ0n) is 21.9. The number of nitrogens with two attached hydrogens (primary N) is 2. The molecule has 4 N–H and O–H groups in total. The summed E-state index contributed by atoms with van der Waals surface area (Å²) in [5.41, 5.74) is 17.8. The van der Waals surface area contributed by atoms with Gasteiger partial charge in [-0.1, -0.05) is 35.9 Å². The van der Waals surface area contributed by atoms with Crippen molar-refractivity contribution in [3.63, 3.8) is 0 Å². The van der Waals surface area contributed by atoms with E-state index in [2.05, 4.69) is 21.0 Å². The quantitative estimate of drug-likeness (QED) is 0.255. The lowest BCUT2D eigenvalue weighted by Crippen LogP contribution is -2.11. The van der Waals surface area contributed by atoms with Crippen molar-refractivity contribution >= 4 is 40.3 Å². The summed E-state index contributed by atoms with van der Waals surface area (Å²) in [4.78, 5) is 24.2. The lowest BCUT2D eigenvalue weighted by atomic mass is 9.97. The Labute approximate surface area is 235 Å². The number of aromatic nitrogens is 4. The van der Waals surface area contributed by atoms with E-state index in [0.29, 0.717) is 38.4 Å². The minimum Gasteiger partial charge on any atom is -0.424 e. The first-order valence-corrected chi connectivity index (χ1v) is 12.6. The smallest absolute Gasteiger partial charge is 0.322 e. The molecule has 2 aromatic carbocycles. The summed E-state index contributed by atoms with van der Waals surface area (Å²) >= 11 is 6.82. The fraction of sp³-hybridized carbons (Fsp3) is 0.100. The van der Waals surface area contributed by atoms with Crippen LogP contribution in [0.3, 0.4) is 0 Å². The summed E-state index contributed by atoms with van der Waals surface area (Å²) in [6.45, 7) is 3.50. The second-order valence-electron chi connectivity index (χ2n) is 9.21. The Hall–Kier alpha value is -5.20. The predicted octanol–water partition coefficient (Wildman–Crippen LogP) is 5.79. The van der Waals surface area contributed by atoms with Crippen molar-refractivity contribution in [3.8, 4) is 40.2 Å². The third-order valence-electron chi connectivity index (χ3n) is 6.50. The molecule has 0 radical (unpaired) electrons. The highest BCUT2D eigenvalue weighted by Crippen LogP contribution is 2.45. The van der Waals surface area contributed by atoms with Crippen molar-refractivity contribution in [2.24, 2.45) is 12.8 Å². The highest BCUT2D eigenvalue weighted by atomic mass is 35.5. The maximum atomic E-state index is 11.5. The van der Waals surface area contributed by atoms with Crippen LogP contribution in [0.25, 0.3) is 39.4 Å². The van der Waals surface area contributed by atoms with Gasteiger partial charge in [-0.05, 0) is 55.3 Å². The van der Waals surface area contributed by atoms with E-state index in [9.17, 15) is 10.1 Å². The van der Waals surface area contributed by atoms with Gasteiger partial charge in [0.15, 0.2) is 0 Å². The number of benzene rings is 2. The summed E-state index contributed by atoms with van der Waals surface area (Å²) in [6, 6.07) is 17.1. The topological polar surface area (TPSA) is 146 Å². The molecule has 0 atom stereocenters. The largest absolute Gasteiger partial charge is 0.424 e. The first kappa shape index (κ1) is 26.4. The molecule has 0 aliphatic rings. The van der Waals surface area contributed by atoms with E-state index in [1.807, 2.05) is 54.9 Å². The van der Waals surface area contributed by atoms with Crippen LogP contribution in [0.2, 0.25) is 5.02 Å². The Balaban J connectivity index is 1.70. The highest BCUT2D eigenvalue weighted by molar-refractivity contribution is 6.34. The minimum absolute atomic E-state index is 0.248. The Bertz CT molecular complexity index is 1870. The molecule has 40 heavy (non-hydrogen) atoms. The van der Waals surface area contributed by atoms with Gasteiger partial charge in [0.1, 0.15) is 17.6 Å². The SMILES string of the molecule is CC(=Cc1ccc(-c2c(-c3ccc(Oc4nccc(C)n4)cc3)c3c(N)ncc(C#N)c3n2C)c(Cl)c1)C(N)=O. The molecular weight excluding hydrogens is 526 g/mol. The first-order chi connectivity index (χ1) is 19.2. The second-order valence-corrected chi connectivity index (χ2v) is 9.62.